The number of aryl methyl sites for hydroxylation is 2. The molecule has 0 unspecified atom stereocenters. The van der Waals surface area contributed by atoms with Gasteiger partial charge in [0, 0.05) is 12.3 Å². The van der Waals surface area contributed by atoms with E-state index in [9.17, 15) is 4.79 Å². The first-order chi connectivity index (χ1) is 8.56. The number of aliphatic carboxylic acids is 1. The van der Waals surface area contributed by atoms with E-state index in [0.29, 0.717) is 5.69 Å². The van der Waals surface area contributed by atoms with Crippen molar-refractivity contribution >= 4 is 12.0 Å². The van der Waals surface area contributed by atoms with E-state index < -0.39 is 5.97 Å². The highest BCUT2D eigenvalue weighted by Crippen LogP contribution is 2.13. The van der Waals surface area contributed by atoms with Gasteiger partial charge in [0.2, 0.25) is 0 Å². The lowest BCUT2D eigenvalue weighted by Crippen LogP contribution is -1.97. The van der Waals surface area contributed by atoms with E-state index in [1.807, 2.05) is 30.7 Å². The predicted octanol–water partition coefficient (Wildman–Crippen LogP) is 1.98. The molecule has 0 aliphatic heterocycles. The summed E-state index contributed by atoms with van der Waals surface area (Å²) in [7, 11) is 0. The van der Waals surface area contributed by atoms with Gasteiger partial charge in [-0.15, -0.1) is 0 Å². The molecule has 5 heteroatoms. The Morgan fingerprint density at radius 1 is 1.39 bits per heavy atom. The van der Waals surface area contributed by atoms with Crippen LogP contribution in [0.2, 0.25) is 0 Å². The van der Waals surface area contributed by atoms with E-state index in [0.717, 1.165) is 23.2 Å². The maximum Gasteiger partial charge on any atom is 0.328 e. The van der Waals surface area contributed by atoms with Gasteiger partial charge >= 0.3 is 5.97 Å². The number of carboxylic acid groups (broad SMARTS) is 1. The molecule has 0 fully saturated rings. The van der Waals surface area contributed by atoms with Crippen LogP contribution < -0.4 is 0 Å². The minimum Gasteiger partial charge on any atom is -0.478 e. The van der Waals surface area contributed by atoms with Gasteiger partial charge < -0.3 is 9.67 Å². The summed E-state index contributed by atoms with van der Waals surface area (Å²) < 4.78 is 1.89. The summed E-state index contributed by atoms with van der Waals surface area (Å²) in [6, 6.07) is 3.67. The summed E-state index contributed by atoms with van der Waals surface area (Å²) in [5.41, 5.74) is 3.31. The molecule has 0 radical (unpaired) electrons. The maximum absolute atomic E-state index is 10.4. The van der Waals surface area contributed by atoms with Crippen LogP contribution in [0.3, 0.4) is 0 Å². The predicted molar refractivity (Wildman–Crippen MR) is 67.5 cm³/mol. The topological polar surface area (TPSA) is 68.0 Å². The fourth-order valence-electron chi connectivity index (χ4n) is 1.65. The lowest BCUT2D eigenvalue weighted by molar-refractivity contribution is -0.131. The summed E-state index contributed by atoms with van der Waals surface area (Å²) in [5, 5.41) is 8.55. The van der Waals surface area contributed by atoms with Crippen molar-refractivity contribution in [3.63, 3.8) is 0 Å². The van der Waals surface area contributed by atoms with E-state index >= 15 is 0 Å². The van der Waals surface area contributed by atoms with Crippen molar-refractivity contribution < 1.29 is 9.90 Å². The van der Waals surface area contributed by atoms with Gasteiger partial charge in [-0.05, 0) is 32.1 Å². The fraction of sp³-hybridized carbons (Fsp3) is 0.154. The Hall–Kier alpha value is -2.43. The van der Waals surface area contributed by atoms with Crippen molar-refractivity contribution in [3.8, 4) is 5.69 Å². The zero-order valence-electron chi connectivity index (χ0n) is 10.2. The lowest BCUT2D eigenvalue weighted by Gasteiger charge is -2.06. The average molecular weight is 243 g/mol. The van der Waals surface area contributed by atoms with Crippen LogP contribution >= 0.6 is 0 Å². The number of nitrogens with zero attached hydrogens (tertiary/aromatic N) is 3. The summed E-state index contributed by atoms with van der Waals surface area (Å²) >= 11 is 0. The van der Waals surface area contributed by atoms with Crippen LogP contribution in [0.25, 0.3) is 11.8 Å². The van der Waals surface area contributed by atoms with Crippen LogP contribution in [0.15, 0.2) is 30.7 Å². The van der Waals surface area contributed by atoms with Crippen molar-refractivity contribution in [2.75, 3.05) is 0 Å². The number of hydrogen-bond acceptors (Lipinski definition) is 3. The third-order valence-corrected chi connectivity index (χ3v) is 2.47. The van der Waals surface area contributed by atoms with Gasteiger partial charge in [0.1, 0.15) is 0 Å². The third-order valence-electron chi connectivity index (χ3n) is 2.47. The van der Waals surface area contributed by atoms with Crippen molar-refractivity contribution in [2.45, 2.75) is 13.8 Å². The third kappa shape index (κ3) is 2.63. The van der Waals surface area contributed by atoms with Crippen LogP contribution in [0, 0.1) is 13.8 Å². The van der Waals surface area contributed by atoms with Crippen LogP contribution in [-0.4, -0.2) is 25.6 Å². The smallest absolute Gasteiger partial charge is 0.328 e. The molecule has 0 aliphatic rings. The lowest BCUT2D eigenvalue weighted by atomic mass is 10.2. The van der Waals surface area contributed by atoms with E-state index in [1.165, 1.54) is 6.08 Å². The highest BCUT2D eigenvalue weighted by molar-refractivity contribution is 5.84. The number of carbonyl (C=O) groups is 1. The molecule has 0 amide bonds. The fourth-order valence-corrected chi connectivity index (χ4v) is 1.65. The molecule has 0 bridgehead atoms. The van der Waals surface area contributed by atoms with Crippen LogP contribution in [-0.2, 0) is 4.79 Å². The molecule has 0 atom stereocenters. The van der Waals surface area contributed by atoms with Crippen molar-refractivity contribution in [1.82, 2.24) is 14.5 Å². The minimum absolute atomic E-state index is 0.621. The quantitative estimate of drug-likeness (QED) is 0.837. The highest BCUT2D eigenvalue weighted by atomic mass is 16.4. The summed E-state index contributed by atoms with van der Waals surface area (Å²) in [5.74, 6) is -0.983. The van der Waals surface area contributed by atoms with Crippen molar-refractivity contribution in [1.29, 1.82) is 0 Å². The van der Waals surface area contributed by atoms with Gasteiger partial charge in [-0.1, -0.05) is 0 Å². The molecule has 2 heterocycles. The Labute approximate surface area is 104 Å². The number of carboxylic acids is 1. The normalized spacial score (nSPS) is 11.0. The molecule has 5 nitrogen and oxygen atoms in total. The Kier molecular flexibility index (Phi) is 3.23. The first kappa shape index (κ1) is 12.0. The Bertz CT molecular complexity index is 614. The number of pyridine rings is 1. The second-order valence-electron chi connectivity index (χ2n) is 3.93. The molecule has 0 spiro atoms. The minimum atomic E-state index is -0.983. The number of imidazole rings is 1. The number of hydrogen-bond donors (Lipinski definition) is 1. The molecule has 2 aromatic heterocycles. The summed E-state index contributed by atoms with van der Waals surface area (Å²) in [4.78, 5) is 18.9. The molecule has 18 heavy (non-hydrogen) atoms. The first-order valence-electron chi connectivity index (χ1n) is 5.46. The van der Waals surface area contributed by atoms with Crippen molar-refractivity contribution in [2.24, 2.45) is 0 Å². The van der Waals surface area contributed by atoms with E-state index in [2.05, 4.69) is 9.97 Å². The summed E-state index contributed by atoms with van der Waals surface area (Å²) in [6.45, 7) is 3.80. The summed E-state index contributed by atoms with van der Waals surface area (Å²) in [6.07, 6.45) is 6.18. The molecular formula is C13H13N3O2. The van der Waals surface area contributed by atoms with Gasteiger partial charge in [-0.3, -0.25) is 4.98 Å². The van der Waals surface area contributed by atoms with Gasteiger partial charge in [-0.2, -0.15) is 0 Å². The molecule has 92 valence electrons. The van der Waals surface area contributed by atoms with E-state index in [4.69, 9.17) is 5.11 Å². The van der Waals surface area contributed by atoms with Crippen LogP contribution in [0.5, 0.6) is 0 Å². The monoisotopic (exact) mass is 243 g/mol. The maximum atomic E-state index is 10.4. The van der Waals surface area contributed by atoms with Crippen molar-refractivity contribution in [3.05, 3.63) is 47.8 Å². The molecule has 0 aliphatic carbocycles. The Morgan fingerprint density at radius 2 is 2.17 bits per heavy atom. The molecule has 0 aromatic carbocycles. The Balaban J connectivity index is 2.33. The molecule has 0 saturated heterocycles. The Morgan fingerprint density at radius 3 is 2.72 bits per heavy atom. The zero-order valence-corrected chi connectivity index (χ0v) is 10.2. The average Bonchev–Trinajstić information content (AvgIpc) is 2.73. The highest BCUT2D eigenvalue weighted by Gasteiger charge is 2.03. The molecule has 2 aromatic rings. The standard InChI is InChI=1S/C13H13N3O2/c1-9-7-16(8-14-9)12-5-3-11(15-10(12)2)4-6-13(17)18/h3-8H,1-2H3,(H,17,18). The molecule has 0 saturated carbocycles. The van der Waals surface area contributed by atoms with E-state index in [-0.39, 0.29) is 0 Å². The SMILES string of the molecule is Cc1cn(-c2ccc(C=CC(=O)O)nc2C)cn1. The largest absolute Gasteiger partial charge is 0.478 e. The second kappa shape index (κ2) is 4.83. The number of rotatable bonds is 3. The van der Waals surface area contributed by atoms with Gasteiger partial charge in [-0.25, -0.2) is 9.78 Å². The van der Waals surface area contributed by atoms with Gasteiger partial charge in [0.05, 0.1) is 29.1 Å². The second-order valence-corrected chi connectivity index (χ2v) is 3.93. The molecular weight excluding hydrogens is 230 g/mol. The van der Waals surface area contributed by atoms with Crippen LogP contribution in [0.4, 0.5) is 0 Å². The van der Waals surface area contributed by atoms with E-state index in [1.54, 1.807) is 12.4 Å². The molecule has 1 N–H and O–H groups in total. The van der Waals surface area contributed by atoms with Gasteiger partial charge in [0.15, 0.2) is 0 Å². The molecule has 2 rings (SSSR count). The van der Waals surface area contributed by atoms with Gasteiger partial charge in [0.25, 0.3) is 0 Å². The number of aromatic nitrogens is 3. The zero-order chi connectivity index (χ0) is 13.1. The first-order valence-corrected chi connectivity index (χ1v) is 5.46. The van der Waals surface area contributed by atoms with Crippen LogP contribution in [0.1, 0.15) is 17.1 Å².